The van der Waals surface area contributed by atoms with E-state index in [-0.39, 0.29) is 11.5 Å². The van der Waals surface area contributed by atoms with Gasteiger partial charge in [-0.3, -0.25) is 0 Å². The number of nitrogens with two attached hydrogens (primary N) is 1. The third-order valence-corrected chi connectivity index (χ3v) is 4.10. The molecule has 0 aliphatic heterocycles. The Morgan fingerprint density at radius 3 is 2.57 bits per heavy atom. The maximum Gasteiger partial charge on any atom is 0.228 e. The molecular formula is C15H19Cl2N3O. The quantitative estimate of drug-likeness (QED) is 0.925. The first-order valence-electron chi connectivity index (χ1n) is 6.76. The number of halogens is 2. The van der Waals surface area contributed by atoms with E-state index in [1.807, 2.05) is 6.07 Å². The first-order valence-corrected chi connectivity index (χ1v) is 7.52. The monoisotopic (exact) mass is 327 g/mol. The van der Waals surface area contributed by atoms with Gasteiger partial charge in [0.1, 0.15) is 0 Å². The Morgan fingerprint density at radius 1 is 1.24 bits per heavy atom. The fourth-order valence-corrected chi connectivity index (χ4v) is 2.09. The second kappa shape index (κ2) is 6.34. The molecule has 4 nitrogen and oxygen atoms in total. The normalized spacial score (nSPS) is 13.4. The smallest absolute Gasteiger partial charge is 0.228 e. The molecule has 0 fully saturated rings. The molecule has 2 aromatic rings. The molecule has 0 saturated heterocycles. The van der Waals surface area contributed by atoms with E-state index in [9.17, 15) is 0 Å². The van der Waals surface area contributed by atoms with Crippen LogP contribution in [0.25, 0.3) is 0 Å². The van der Waals surface area contributed by atoms with E-state index in [1.165, 1.54) is 0 Å². The van der Waals surface area contributed by atoms with E-state index in [0.29, 0.717) is 34.6 Å². The van der Waals surface area contributed by atoms with Crippen LogP contribution < -0.4 is 5.73 Å². The van der Waals surface area contributed by atoms with Crippen molar-refractivity contribution in [1.82, 2.24) is 10.1 Å². The standard InChI is InChI=1S/C15H19Cl2N3O/c1-15(2,3)12(18)8-14-19-13(20-21-14)7-9-4-5-10(16)11(17)6-9/h4-6,12H,7-8,18H2,1-3H3. The minimum atomic E-state index is -0.0317. The average molecular weight is 328 g/mol. The number of hydrogen-bond donors (Lipinski definition) is 1. The summed E-state index contributed by atoms with van der Waals surface area (Å²) in [6.07, 6.45) is 1.11. The number of rotatable bonds is 4. The van der Waals surface area contributed by atoms with Crippen LogP contribution in [0, 0.1) is 5.41 Å². The summed E-state index contributed by atoms with van der Waals surface area (Å²) in [5.74, 6) is 1.18. The molecule has 0 bridgehead atoms. The van der Waals surface area contributed by atoms with Crippen molar-refractivity contribution in [2.45, 2.75) is 39.7 Å². The van der Waals surface area contributed by atoms with Gasteiger partial charge in [0.25, 0.3) is 0 Å². The van der Waals surface area contributed by atoms with Gasteiger partial charge in [0.15, 0.2) is 5.82 Å². The Hall–Kier alpha value is -1.10. The van der Waals surface area contributed by atoms with Crippen LogP contribution in [0.3, 0.4) is 0 Å². The van der Waals surface area contributed by atoms with Crippen molar-refractivity contribution in [2.24, 2.45) is 11.1 Å². The molecule has 6 heteroatoms. The van der Waals surface area contributed by atoms with Gasteiger partial charge in [0.2, 0.25) is 5.89 Å². The molecule has 0 radical (unpaired) electrons. The van der Waals surface area contributed by atoms with Gasteiger partial charge in [-0.25, -0.2) is 0 Å². The minimum absolute atomic E-state index is 0.00165. The van der Waals surface area contributed by atoms with Crippen LogP contribution >= 0.6 is 23.2 Å². The van der Waals surface area contributed by atoms with Crippen LogP contribution in [0.1, 0.15) is 38.0 Å². The lowest BCUT2D eigenvalue weighted by Gasteiger charge is -2.25. The van der Waals surface area contributed by atoms with Gasteiger partial charge in [-0.05, 0) is 23.1 Å². The van der Waals surface area contributed by atoms with E-state index in [0.717, 1.165) is 5.56 Å². The van der Waals surface area contributed by atoms with E-state index in [4.69, 9.17) is 33.5 Å². The molecule has 2 rings (SSSR count). The second-order valence-corrected chi connectivity index (χ2v) is 7.02. The van der Waals surface area contributed by atoms with Crippen molar-refractivity contribution in [3.05, 3.63) is 45.5 Å². The second-order valence-electron chi connectivity index (χ2n) is 6.21. The van der Waals surface area contributed by atoms with Gasteiger partial charge < -0.3 is 10.3 Å². The van der Waals surface area contributed by atoms with E-state index in [2.05, 4.69) is 30.9 Å². The molecule has 0 aliphatic carbocycles. The van der Waals surface area contributed by atoms with Gasteiger partial charge in [-0.1, -0.05) is 55.2 Å². The zero-order valence-corrected chi connectivity index (χ0v) is 13.9. The lowest BCUT2D eigenvalue weighted by Crippen LogP contribution is -2.37. The summed E-state index contributed by atoms with van der Waals surface area (Å²) in [5.41, 5.74) is 7.10. The number of benzene rings is 1. The van der Waals surface area contributed by atoms with Crippen molar-refractivity contribution < 1.29 is 4.52 Å². The Morgan fingerprint density at radius 2 is 1.95 bits per heavy atom. The molecule has 0 spiro atoms. The molecule has 1 unspecified atom stereocenters. The Kier molecular flexibility index (Phi) is 4.91. The maximum absolute atomic E-state index is 6.12. The molecule has 1 aromatic heterocycles. The van der Waals surface area contributed by atoms with Crippen LogP contribution in [0.5, 0.6) is 0 Å². The predicted octanol–water partition coefficient (Wildman–Crippen LogP) is 3.88. The van der Waals surface area contributed by atoms with Gasteiger partial charge in [0.05, 0.1) is 10.0 Å². The fraction of sp³-hybridized carbons (Fsp3) is 0.467. The van der Waals surface area contributed by atoms with E-state index < -0.39 is 0 Å². The average Bonchev–Trinajstić information content (AvgIpc) is 2.80. The van der Waals surface area contributed by atoms with Gasteiger partial charge in [0, 0.05) is 18.9 Å². The first-order chi connectivity index (χ1) is 9.75. The highest BCUT2D eigenvalue weighted by atomic mass is 35.5. The molecular weight excluding hydrogens is 309 g/mol. The van der Waals surface area contributed by atoms with Crippen molar-refractivity contribution in [1.29, 1.82) is 0 Å². The number of nitrogens with zero attached hydrogens (tertiary/aromatic N) is 2. The first kappa shape index (κ1) is 16.3. The lowest BCUT2D eigenvalue weighted by atomic mass is 9.85. The molecule has 1 heterocycles. The van der Waals surface area contributed by atoms with Crippen molar-refractivity contribution in [2.75, 3.05) is 0 Å². The summed E-state index contributed by atoms with van der Waals surface area (Å²) < 4.78 is 5.26. The van der Waals surface area contributed by atoms with Gasteiger partial charge in [-0.15, -0.1) is 0 Å². The van der Waals surface area contributed by atoms with E-state index >= 15 is 0 Å². The van der Waals surface area contributed by atoms with Gasteiger partial charge in [-0.2, -0.15) is 4.98 Å². The van der Waals surface area contributed by atoms with Crippen molar-refractivity contribution in [3.8, 4) is 0 Å². The molecule has 1 atom stereocenters. The lowest BCUT2D eigenvalue weighted by molar-refractivity contribution is 0.285. The Labute approximate surface area is 134 Å². The summed E-state index contributed by atoms with van der Waals surface area (Å²) in [6.45, 7) is 6.26. The fourth-order valence-electron chi connectivity index (χ4n) is 1.77. The summed E-state index contributed by atoms with van der Waals surface area (Å²) in [6, 6.07) is 5.43. The Bertz CT molecular complexity index is 620. The van der Waals surface area contributed by atoms with Crippen molar-refractivity contribution in [3.63, 3.8) is 0 Å². The highest BCUT2D eigenvalue weighted by Crippen LogP contribution is 2.24. The molecule has 2 N–H and O–H groups in total. The topological polar surface area (TPSA) is 64.9 Å². The Balaban J connectivity index is 2.04. The van der Waals surface area contributed by atoms with Crippen LogP contribution in [-0.2, 0) is 12.8 Å². The highest BCUT2D eigenvalue weighted by molar-refractivity contribution is 6.42. The van der Waals surface area contributed by atoms with Crippen molar-refractivity contribution >= 4 is 23.2 Å². The summed E-state index contributed by atoms with van der Waals surface area (Å²) in [5, 5.41) is 5.03. The van der Waals surface area contributed by atoms with Gasteiger partial charge >= 0.3 is 0 Å². The largest absolute Gasteiger partial charge is 0.339 e. The zero-order valence-electron chi connectivity index (χ0n) is 12.4. The molecule has 114 valence electrons. The molecule has 0 saturated carbocycles. The van der Waals surface area contributed by atoms with Crippen LogP contribution in [0.15, 0.2) is 22.7 Å². The van der Waals surface area contributed by atoms with Crippen LogP contribution in [0.2, 0.25) is 10.0 Å². The van der Waals surface area contributed by atoms with Crippen LogP contribution in [-0.4, -0.2) is 16.2 Å². The maximum atomic E-state index is 6.12. The predicted molar refractivity (Wildman–Crippen MR) is 84.7 cm³/mol. The molecule has 1 aromatic carbocycles. The zero-order chi connectivity index (χ0) is 15.6. The SMILES string of the molecule is CC(C)(C)C(N)Cc1nc(Cc2ccc(Cl)c(Cl)c2)no1. The third-order valence-electron chi connectivity index (χ3n) is 3.36. The summed E-state index contributed by atoms with van der Waals surface area (Å²) >= 11 is 11.9. The number of aromatic nitrogens is 2. The summed E-state index contributed by atoms with van der Waals surface area (Å²) in [4.78, 5) is 4.38. The molecule has 0 aliphatic rings. The van der Waals surface area contributed by atoms with E-state index in [1.54, 1.807) is 12.1 Å². The minimum Gasteiger partial charge on any atom is -0.339 e. The number of hydrogen-bond acceptors (Lipinski definition) is 4. The van der Waals surface area contributed by atoms with Crippen LogP contribution in [0.4, 0.5) is 0 Å². The molecule has 0 amide bonds. The third kappa shape index (κ3) is 4.43. The highest BCUT2D eigenvalue weighted by Gasteiger charge is 2.23. The summed E-state index contributed by atoms with van der Waals surface area (Å²) in [7, 11) is 0. The molecule has 21 heavy (non-hydrogen) atoms.